The van der Waals surface area contributed by atoms with Crippen molar-refractivity contribution in [3.63, 3.8) is 0 Å². The van der Waals surface area contributed by atoms with E-state index >= 15 is 0 Å². The zero-order valence-corrected chi connectivity index (χ0v) is 12.0. The Kier molecular flexibility index (Phi) is 3.86. The van der Waals surface area contributed by atoms with E-state index in [2.05, 4.69) is 17.2 Å². The van der Waals surface area contributed by atoms with Crippen LogP contribution in [0.15, 0.2) is 42.7 Å². The molecule has 7 heteroatoms. The molecule has 114 valence electrons. The lowest BCUT2D eigenvalue weighted by Crippen LogP contribution is -2.53. The Hall–Kier alpha value is -2.70. The highest BCUT2D eigenvalue weighted by atomic mass is 16.6. The summed E-state index contributed by atoms with van der Waals surface area (Å²) in [5.41, 5.74) is 1.11. The minimum absolute atomic E-state index is 0.0408. The van der Waals surface area contributed by atoms with Crippen LogP contribution in [0, 0.1) is 10.1 Å². The van der Waals surface area contributed by atoms with Gasteiger partial charge in [0.2, 0.25) is 5.91 Å². The number of nitrogens with zero attached hydrogens (tertiary/aromatic N) is 4. The molecule has 1 amide bonds. The fourth-order valence-electron chi connectivity index (χ4n) is 2.63. The summed E-state index contributed by atoms with van der Waals surface area (Å²) in [4.78, 5) is 24.2. The van der Waals surface area contributed by atoms with Crippen LogP contribution in [0.1, 0.15) is 12.0 Å². The van der Waals surface area contributed by atoms with Gasteiger partial charge >= 0.3 is 5.69 Å². The van der Waals surface area contributed by atoms with Gasteiger partial charge in [0.25, 0.3) is 0 Å². The molecule has 2 heterocycles. The molecule has 0 unspecified atom stereocenters. The van der Waals surface area contributed by atoms with Crippen LogP contribution in [0.5, 0.6) is 0 Å². The number of carbonyl (C=O) groups is 1. The molecule has 0 spiro atoms. The first-order valence-electron chi connectivity index (χ1n) is 7.14. The van der Waals surface area contributed by atoms with E-state index in [1.165, 1.54) is 16.4 Å². The number of benzene rings is 1. The maximum absolute atomic E-state index is 12.3. The molecular formula is C15H16N4O3. The molecule has 0 saturated carbocycles. The van der Waals surface area contributed by atoms with E-state index in [0.29, 0.717) is 0 Å². The highest BCUT2D eigenvalue weighted by Crippen LogP contribution is 2.22. The van der Waals surface area contributed by atoms with Gasteiger partial charge in [-0.15, -0.1) is 0 Å². The van der Waals surface area contributed by atoms with Gasteiger partial charge in [-0.2, -0.15) is 5.10 Å². The fourth-order valence-corrected chi connectivity index (χ4v) is 2.63. The number of hydrogen-bond donors (Lipinski definition) is 0. The normalized spacial score (nSPS) is 17.1. The quantitative estimate of drug-likeness (QED) is 0.621. The van der Waals surface area contributed by atoms with Gasteiger partial charge in [-0.3, -0.25) is 19.6 Å². The molecule has 1 aliphatic rings. The number of nitro groups is 1. The molecule has 0 bridgehead atoms. The van der Waals surface area contributed by atoms with E-state index in [9.17, 15) is 14.9 Å². The van der Waals surface area contributed by atoms with Gasteiger partial charge in [-0.05, 0) is 18.4 Å². The predicted molar refractivity (Wildman–Crippen MR) is 79.1 cm³/mol. The first kappa shape index (κ1) is 14.2. The van der Waals surface area contributed by atoms with Gasteiger partial charge in [0.1, 0.15) is 18.9 Å². The van der Waals surface area contributed by atoms with Crippen molar-refractivity contribution in [3.05, 3.63) is 58.4 Å². The van der Waals surface area contributed by atoms with E-state index < -0.39 is 4.92 Å². The maximum Gasteiger partial charge on any atom is 0.307 e. The Morgan fingerprint density at radius 1 is 1.36 bits per heavy atom. The summed E-state index contributed by atoms with van der Waals surface area (Å²) in [6, 6.07) is 10.3. The fraction of sp³-hybridized carbons (Fsp3) is 0.333. The average Bonchev–Trinajstić information content (AvgIpc) is 2.93. The smallest absolute Gasteiger partial charge is 0.307 e. The summed E-state index contributed by atoms with van der Waals surface area (Å²) >= 11 is 0. The molecule has 1 atom stereocenters. The van der Waals surface area contributed by atoms with Crippen LogP contribution in [0.3, 0.4) is 0 Å². The van der Waals surface area contributed by atoms with Crippen LogP contribution >= 0.6 is 0 Å². The predicted octanol–water partition coefficient (Wildman–Crippen LogP) is 1.63. The molecule has 3 rings (SSSR count). The van der Waals surface area contributed by atoms with Gasteiger partial charge < -0.3 is 4.90 Å². The van der Waals surface area contributed by atoms with Crippen LogP contribution < -0.4 is 0 Å². The minimum Gasteiger partial charge on any atom is -0.338 e. The topological polar surface area (TPSA) is 81.3 Å². The molecule has 0 aliphatic carbocycles. The van der Waals surface area contributed by atoms with E-state index in [1.54, 1.807) is 0 Å². The van der Waals surface area contributed by atoms with Crippen molar-refractivity contribution in [3.8, 4) is 0 Å². The number of rotatable bonds is 5. The third kappa shape index (κ3) is 2.98. The third-order valence-electron chi connectivity index (χ3n) is 3.91. The van der Waals surface area contributed by atoms with Crippen molar-refractivity contribution >= 4 is 11.6 Å². The monoisotopic (exact) mass is 300 g/mol. The van der Waals surface area contributed by atoms with E-state index in [0.717, 1.165) is 25.6 Å². The summed E-state index contributed by atoms with van der Waals surface area (Å²) in [7, 11) is 0. The SMILES string of the molecule is O=C(Cn1cc([N+](=O)[O-])cn1)N1CC[C@H]1Cc1ccccc1. The van der Waals surface area contributed by atoms with Crippen LogP contribution in [0.2, 0.25) is 0 Å². The molecule has 2 aromatic rings. The Balaban J connectivity index is 1.59. The van der Waals surface area contributed by atoms with Crippen LogP contribution in [0.4, 0.5) is 5.69 Å². The number of carbonyl (C=O) groups excluding carboxylic acids is 1. The highest BCUT2D eigenvalue weighted by Gasteiger charge is 2.32. The molecule has 22 heavy (non-hydrogen) atoms. The van der Waals surface area contributed by atoms with Gasteiger partial charge in [0.05, 0.1) is 4.92 Å². The molecular weight excluding hydrogens is 284 g/mol. The molecule has 1 aliphatic heterocycles. The van der Waals surface area contributed by atoms with Crippen LogP contribution in [0.25, 0.3) is 0 Å². The Bertz CT molecular complexity index is 683. The average molecular weight is 300 g/mol. The lowest BCUT2D eigenvalue weighted by molar-refractivity contribution is -0.385. The van der Waals surface area contributed by atoms with Crippen molar-refractivity contribution in [2.75, 3.05) is 6.54 Å². The molecule has 1 aromatic heterocycles. The second-order valence-electron chi connectivity index (χ2n) is 5.37. The maximum atomic E-state index is 12.3. The Labute approximate surface area is 127 Å². The molecule has 1 saturated heterocycles. The van der Waals surface area contributed by atoms with E-state index in [4.69, 9.17) is 0 Å². The van der Waals surface area contributed by atoms with Crippen LogP contribution in [-0.2, 0) is 17.8 Å². The van der Waals surface area contributed by atoms with Gasteiger partial charge in [-0.25, -0.2) is 0 Å². The Morgan fingerprint density at radius 3 is 2.73 bits per heavy atom. The van der Waals surface area contributed by atoms with Gasteiger partial charge in [0.15, 0.2) is 0 Å². The number of hydrogen-bond acceptors (Lipinski definition) is 4. The zero-order valence-electron chi connectivity index (χ0n) is 12.0. The van der Waals surface area contributed by atoms with Crippen molar-refractivity contribution in [2.45, 2.75) is 25.4 Å². The van der Waals surface area contributed by atoms with E-state index in [1.807, 2.05) is 23.1 Å². The van der Waals surface area contributed by atoms with Crippen molar-refractivity contribution in [1.82, 2.24) is 14.7 Å². The summed E-state index contributed by atoms with van der Waals surface area (Å²) in [6.45, 7) is 0.777. The second-order valence-corrected chi connectivity index (χ2v) is 5.37. The lowest BCUT2D eigenvalue weighted by Gasteiger charge is -2.41. The third-order valence-corrected chi connectivity index (χ3v) is 3.91. The standard InChI is InChI=1S/C15H16N4O3/c20-15(11-17-10-14(9-16-17)19(21)22)18-7-6-13(18)8-12-4-2-1-3-5-12/h1-5,9-10,13H,6-8,11H2/t13-/m0/s1. The summed E-state index contributed by atoms with van der Waals surface area (Å²) in [6.07, 6.45) is 4.26. The molecule has 1 aromatic carbocycles. The summed E-state index contributed by atoms with van der Waals surface area (Å²) < 4.78 is 1.32. The summed E-state index contributed by atoms with van der Waals surface area (Å²) in [5.74, 6) is -0.0508. The molecule has 1 fully saturated rings. The first-order chi connectivity index (χ1) is 10.6. The number of amides is 1. The second kappa shape index (κ2) is 5.97. The zero-order chi connectivity index (χ0) is 15.5. The number of likely N-dealkylation sites (tertiary alicyclic amines) is 1. The van der Waals surface area contributed by atoms with Crippen LogP contribution in [-0.4, -0.2) is 38.1 Å². The Morgan fingerprint density at radius 2 is 2.14 bits per heavy atom. The largest absolute Gasteiger partial charge is 0.338 e. The first-order valence-corrected chi connectivity index (χ1v) is 7.14. The molecule has 0 radical (unpaired) electrons. The minimum atomic E-state index is -0.518. The number of aromatic nitrogens is 2. The molecule has 0 N–H and O–H groups in total. The van der Waals surface area contributed by atoms with Gasteiger partial charge in [0, 0.05) is 12.6 Å². The summed E-state index contributed by atoms with van der Waals surface area (Å²) in [5, 5.41) is 14.5. The van der Waals surface area contributed by atoms with E-state index in [-0.39, 0.29) is 24.2 Å². The van der Waals surface area contributed by atoms with Crippen molar-refractivity contribution < 1.29 is 9.72 Å². The van der Waals surface area contributed by atoms with Crippen molar-refractivity contribution in [1.29, 1.82) is 0 Å². The lowest BCUT2D eigenvalue weighted by atomic mass is 9.95. The highest BCUT2D eigenvalue weighted by molar-refractivity contribution is 5.77. The van der Waals surface area contributed by atoms with Gasteiger partial charge in [-0.1, -0.05) is 30.3 Å². The van der Waals surface area contributed by atoms with Crippen molar-refractivity contribution in [2.24, 2.45) is 0 Å². The molecule has 7 nitrogen and oxygen atoms in total.